The predicted octanol–water partition coefficient (Wildman–Crippen LogP) is 3.15. The minimum Gasteiger partial charge on any atom is -0.507 e. The molecule has 0 atom stereocenters. The van der Waals surface area contributed by atoms with E-state index in [0.29, 0.717) is 13.1 Å². The Hall–Kier alpha value is -4.09. The number of ether oxygens (including phenoxy) is 1. The fourth-order valence-corrected chi connectivity index (χ4v) is 4.51. The molecule has 0 bridgehead atoms. The second-order valence-corrected chi connectivity index (χ2v) is 9.02. The van der Waals surface area contributed by atoms with E-state index in [1.165, 1.54) is 12.1 Å². The van der Waals surface area contributed by atoms with Crippen LogP contribution in [0, 0.1) is 11.3 Å². The highest BCUT2D eigenvalue weighted by atomic mass is 16.5. The van der Waals surface area contributed by atoms with Crippen molar-refractivity contribution in [1.29, 1.82) is 5.26 Å². The lowest BCUT2D eigenvalue weighted by Gasteiger charge is -2.33. The molecule has 5 rings (SSSR count). The molecule has 8 nitrogen and oxygen atoms in total. The van der Waals surface area contributed by atoms with Gasteiger partial charge >= 0.3 is 0 Å². The van der Waals surface area contributed by atoms with Gasteiger partial charge in [-0.05, 0) is 41.9 Å². The zero-order chi connectivity index (χ0) is 24.4. The van der Waals surface area contributed by atoms with Gasteiger partial charge in [0, 0.05) is 45.5 Å². The van der Waals surface area contributed by atoms with E-state index in [2.05, 4.69) is 27.9 Å². The smallest absolute Gasteiger partial charge is 0.262 e. The highest BCUT2D eigenvalue weighted by Gasteiger charge is 2.30. The van der Waals surface area contributed by atoms with Crippen molar-refractivity contribution in [2.24, 2.45) is 0 Å². The van der Waals surface area contributed by atoms with Gasteiger partial charge in [0.05, 0.1) is 11.6 Å². The maximum absolute atomic E-state index is 13.6. The maximum atomic E-state index is 13.6. The van der Waals surface area contributed by atoms with Gasteiger partial charge in [-0.15, -0.1) is 0 Å². The van der Waals surface area contributed by atoms with E-state index in [0.717, 1.165) is 48.7 Å². The first kappa shape index (κ1) is 22.7. The Morgan fingerprint density at radius 1 is 1.09 bits per heavy atom. The molecule has 0 radical (unpaired) electrons. The first-order valence-electron chi connectivity index (χ1n) is 11.7. The summed E-state index contributed by atoms with van der Waals surface area (Å²) in [5, 5.41) is 20.0. The van der Waals surface area contributed by atoms with Crippen LogP contribution in [0.1, 0.15) is 32.6 Å². The summed E-state index contributed by atoms with van der Waals surface area (Å²) < 4.78 is 5.93. The SMILES string of the molecule is CN1CCN(c2cc3c(cn2)CN(C(=O)c2c(O)cc(C#N)cc2OCc2ccccc2)C3)CC1. The third-order valence-corrected chi connectivity index (χ3v) is 6.57. The molecule has 0 saturated carbocycles. The van der Waals surface area contributed by atoms with Gasteiger partial charge in [-0.3, -0.25) is 4.79 Å². The van der Waals surface area contributed by atoms with E-state index >= 15 is 0 Å². The van der Waals surface area contributed by atoms with Crippen LogP contribution in [0.15, 0.2) is 54.7 Å². The molecule has 178 valence electrons. The lowest BCUT2D eigenvalue weighted by molar-refractivity contribution is 0.0743. The molecule has 0 spiro atoms. The molecule has 0 aliphatic carbocycles. The van der Waals surface area contributed by atoms with Crippen LogP contribution in [0.2, 0.25) is 0 Å². The number of phenols is 1. The summed E-state index contributed by atoms with van der Waals surface area (Å²) >= 11 is 0. The fourth-order valence-electron chi connectivity index (χ4n) is 4.51. The number of nitriles is 1. The van der Waals surface area contributed by atoms with Crippen molar-refractivity contribution in [3.05, 3.63) is 82.5 Å². The number of aromatic nitrogens is 1. The first-order chi connectivity index (χ1) is 17.0. The lowest BCUT2D eigenvalue weighted by atomic mass is 10.1. The summed E-state index contributed by atoms with van der Waals surface area (Å²) in [6, 6.07) is 16.4. The Kier molecular flexibility index (Phi) is 6.25. The number of phenolic OH excluding ortho intramolecular Hbond substituents is 1. The number of carbonyl (C=O) groups excluding carboxylic acids is 1. The molecule has 1 aromatic heterocycles. The standard InChI is InChI=1S/C27H27N5O3/c1-30-7-9-31(10-8-30)25-13-21-16-32(17-22(21)15-29-25)27(34)26-23(33)11-20(14-28)12-24(26)35-18-19-5-3-2-4-6-19/h2-6,11-13,15,33H,7-10,16-18H2,1H3. The van der Waals surface area contributed by atoms with Crippen LogP contribution in [0.4, 0.5) is 5.82 Å². The minimum absolute atomic E-state index is 0.0694. The Labute approximate surface area is 204 Å². The molecule has 1 fully saturated rings. The van der Waals surface area contributed by atoms with E-state index in [1.807, 2.05) is 42.6 Å². The van der Waals surface area contributed by atoms with Crippen molar-refractivity contribution in [1.82, 2.24) is 14.8 Å². The van der Waals surface area contributed by atoms with Crippen molar-refractivity contribution in [2.75, 3.05) is 38.1 Å². The number of fused-ring (bicyclic) bond motifs is 1. The van der Waals surface area contributed by atoms with Crippen LogP contribution in [-0.2, 0) is 19.7 Å². The number of rotatable bonds is 5. The number of anilines is 1. The van der Waals surface area contributed by atoms with Gasteiger partial charge in [0.1, 0.15) is 29.5 Å². The van der Waals surface area contributed by atoms with E-state index in [-0.39, 0.29) is 35.1 Å². The highest BCUT2D eigenvalue weighted by Crippen LogP contribution is 2.35. The summed E-state index contributed by atoms with van der Waals surface area (Å²) in [5.74, 6) is 0.526. The average Bonchev–Trinajstić information content (AvgIpc) is 3.31. The molecular formula is C27H27N5O3. The Morgan fingerprint density at radius 3 is 2.57 bits per heavy atom. The molecular weight excluding hydrogens is 442 g/mol. The molecule has 1 N–H and O–H groups in total. The summed E-state index contributed by atoms with van der Waals surface area (Å²) in [5.41, 5.74) is 3.27. The molecule has 8 heteroatoms. The number of nitrogens with zero attached hydrogens (tertiary/aromatic N) is 5. The largest absolute Gasteiger partial charge is 0.507 e. The number of amides is 1. The molecule has 35 heavy (non-hydrogen) atoms. The monoisotopic (exact) mass is 469 g/mol. The molecule has 3 aromatic rings. The number of aromatic hydroxyl groups is 1. The molecule has 3 heterocycles. The second-order valence-electron chi connectivity index (χ2n) is 9.02. The highest BCUT2D eigenvalue weighted by molar-refractivity contribution is 6.00. The van der Waals surface area contributed by atoms with Gasteiger partial charge < -0.3 is 24.5 Å². The number of piperazine rings is 1. The number of benzene rings is 2. The Bertz CT molecular complexity index is 1280. The van der Waals surface area contributed by atoms with E-state index < -0.39 is 0 Å². The van der Waals surface area contributed by atoms with Crippen molar-refractivity contribution >= 4 is 11.7 Å². The normalized spacial score (nSPS) is 15.5. The number of likely N-dealkylation sites (N-methyl/N-ethyl adjacent to an activating group) is 1. The average molecular weight is 470 g/mol. The minimum atomic E-state index is -0.340. The zero-order valence-electron chi connectivity index (χ0n) is 19.6. The van der Waals surface area contributed by atoms with Gasteiger partial charge in [-0.25, -0.2) is 4.98 Å². The molecule has 2 aliphatic rings. The summed E-state index contributed by atoms with van der Waals surface area (Å²) in [6.07, 6.45) is 1.85. The van der Waals surface area contributed by atoms with Crippen molar-refractivity contribution in [3.8, 4) is 17.6 Å². The Morgan fingerprint density at radius 2 is 1.83 bits per heavy atom. The van der Waals surface area contributed by atoms with Gasteiger partial charge in [0.2, 0.25) is 0 Å². The van der Waals surface area contributed by atoms with Gasteiger partial charge in [0.15, 0.2) is 0 Å². The number of pyridine rings is 1. The van der Waals surface area contributed by atoms with Gasteiger partial charge in [-0.2, -0.15) is 5.26 Å². The van der Waals surface area contributed by atoms with E-state index in [4.69, 9.17) is 4.74 Å². The van der Waals surface area contributed by atoms with Gasteiger partial charge in [-0.1, -0.05) is 30.3 Å². The van der Waals surface area contributed by atoms with E-state index in [1.54, 1.807) is 4.90 Å². The van der Waals surface area contributed by atoms with Crippen molar-refractivity contribution < 1.29 is 14.6 Å². The van der Waals surface area contributed by atoms with Crippen molar-refractivity contribution in [2.45, 2.75) is 19.7 Å². The zero-order valence-corrected chi connectivity index (χ0v) is 19.6. The lowest BCUT2D eigenvalue weighted by Crippen LogP contribution is -2.44. The van der Waals surface area contributed by atoms with Crippen LogP contribution >= 0.6 is 0 Å². The molecule has 1 amide bonds. The number of hydrogen-bond acceptors (Lipinski definition) is 7. The first-order valence-corrected chi connectivity index (χ1v) is 11.7. The van der Waals surface area contributed by atoms with Gasteiger partial charge in [0.25, 0.3) is 5.91 Å². The number of hydrogen-bond donors (Lipinski definition) is 1. The van der Waals surface area contributed by atoms with Crippen molar-refractivity contribution in [3.63, 3.8) is 0 Å². The predicted molar refractivity (Wildman–Crippen MR) is 131 cm³/mol. The van der Waals surface area contributed by atoms with Crippen LogP contribution in [0.5, 0.6) is 11.5 Å². The second kappa shape index (κ2) is 9.65. The fraction of sp³-hybridized carbons (Fsp3) is 0.296. The van der Waals surface area contributed by atoms with Crippen LogP contribution < -0.4 is 9.64 Å². The quantitative estimate of drug-likeness (QED) is 0.614. The number of carbonyl (C=O) groups is 1. The summed E-state index contributed by atoms with van der Waals surface area (Å²) in [7, 11) is 2.12. The summed E-state index contributed by atoms with van der Waals surface area (Å²) in [6.45, 7) is 4.88. The third-order valence-electron chi connectivity index (χ3n) is 6.57. The Balaban J connectivity index is 1.37. The molecule has 0 unspecified atom stereocenters. The topological polar surface area (TPSA) is 92.9 Å². The molecule has 2 aromatic carbocycles. The van der Waals surface area contributed by atoms with Crippen LogP contribution in [0.25, 0.3) is 0 Å². The molecule has 2 aliphatic heterocycles. The summed E-state index contributed by atoms with van der Waals surface area (Å²) in [4.78, 5) is 24.4. The van der Waals surface area contributed by atoms with E-state index in [9.17, 15) is 15.2 Å². The van der Waals surface area contributed by atoms with Crippen LogP contribution in [-0.4, -0.2) is 59.0 Å². The van der Waals surface area contributed by atoms with Crippen LogP contribution in [0.3, 0.4) is 0 Å². The third kappa shape index (κ3) is 4.77. The molecule has 1 saturated heterocycles. The maximum Gasteiger partial charge on any atom is 0.262 e.